The molecule has 0 spiro atoms. The molecule has 0 amide bonds. The van der Waals surface area contributed by atoms with Gasteiger partial charge in [0.1, 0.15) is 5.54 Å². The van der Waals surface area contributed by atoms with Gasteiger partial charge in [-0.2, -0.15) is 0 Å². The molecule has 0 aliphatic rings. The van der Waals surface area contributed by atoms with Gasteiger partial charge < -0.3 is 10.1 Å². The van der Waals surface area contributed by atoms with Crippen molar-refractivity contribution in [2.45, 2.75) is 44.0 Å². The molecule has 0 aliphatic carbocycles. The molecule has 1 N–H and O–H groups in total. The zero-order valence-electron chi connectivity index (χ0n) is 12.9. The molecule has 112 valence electrons. The largest absolute Gasteiger partial charge is 0.465 e. The highest BCUT2D eigenvalue weighted by molar-refractivity contribution is 7.99. The Morgan fingerprint density at radius 2 is 2.20 bits per heavy atom. The number of nitrogens with one attached hydrogen (secondary N) is 1. The van der Waals surface area contributed by atoms with Crippen molar-refractivity contribution in [1.82, 2.24) is 5.32 Å². The molecule has 0 radical (unpaired) electrons. The number of ether oxygens (including phenoxy) is 1. The second-order valence-corrected chi connectivity index (χ2v) is 6.24. The molecule has 0 saturated carbocycles. The van der Waals surface area contributed by atoms with E-state index in [2.05, 4.69) is 36.5 Å². The summed E-state index contributed by atoms with van der Waals surface area (Å²) < 4.78 is 5.12. The van der Waals surface area contributed by atoms with Gasteiger partial charge in [0.05, 0.1) is 6.61 Å². The van der Waals surface area contributed by atoms with Crippen molar-refractivity contribution in [3.05, 3.63) is 29.8 Å². The molecule has 0 fully saturated rings. The Morgan fingerprint density at radius 1 is 1.45 bits per heavy atom. The Kier molecular flexibility index (Phi) is 7.10. The van der Waals surface area contributed by atoms with Gasteiger partial charge >= 0.3 is 5.97 Å². The lowest BCUT2D eigenvalue weighted by molar-refractivity contribution is -0.150. The molecule has 0 bridgehead atoms. The van der Waals surface area contributed by atoms with Crippen LogP contribution in [0, 0.1) is 6.92 Å². The monoisotopic (exact) mass is 295 g/mol. The van der Waals surface area contributed by atoms with Gasteiger partial charge in [0, 0.05) is 4.90 Å². The van der Waals surface area contributed by atoms with Crippen molar-refractivity contribution in [2.75, 3.05) is 19.4 Å². The first-order valence-electron chi connectivity index (χ1n) is 7.07. The Balaban J connectivity index is 2.40. The molecule has 0 aromatic heterocycles. The third-order valence-corrected chi connectivity index (χ3v) is 4.44. The van der Waals surface area contributed by atoms with Crippen molar-refractivity contribution in [2.24, 2.45) is 0 Å². The highest BCUT2D eigenvalue weighted by Gasteiger charge is 2.32. The van der Waals surface area contributed by atoms with E-state index in [0.717, 1.165) is 18.6 Å². The first-order chi connectivity index (χ1) is 9.51. The van der Waals surface area contributed by atoms with E-state index < -0.39 is 5.54 Å². The fraction of sp³-hybridized carbons (Fsp3) is 0.562. The molecule has 1 unspecified atom stereocenters. The quantitative estimate of drug-likeness (QED) is 0.453. The number of hydrogen-bond acceptors (Lipinski definition) is 4. The maximum Gasteiger partial charge on any atom is 0.326 e. The molecular formula is C16H25NO2S. The SMILES string of the molecule is CCOC(=O)C(C)(CCCSc1cccc(C)c1)NC. The summed E-state index contributed by atoms with van der Waals surface area (Å²) in [6, 6.07) is 8.49. The molecule has 0 aliphatic heterocycles. The maximum atomic E-state index is 11.9. The summed E-state index contributed by atoms with van der Waals surface area (Å²) in [5.41, 5.74) is 0.699. The second kappa shape index (κ2) is 8.32. The van der Waals surface area contributed by atoms with Gasteiger partial charge in [-0.3, -0.25) is 4.79 Å². The average Bonchev–Trinajstić information content (AvgIpc) is 2.43. The van der Waals surface area contributed by atoms with Gasteiger partial charge in [-0.15, -0.1) is 11.8 Å². The average molecular weight is 295 g/mol. The smallest absolute Gasteiger partial charge is 0.326 e. The van der Waals surface area contributed by atoms with E-state index in [1.165, 1.54) is 10.5 Å². The van der Waals surface area contributed by atoms with Crippen LogP contribution in [-0.2, 0) is 9.53 Å². The van der Waals surface area contributed by atoms with Crippen molar-refractivity contribution >= 4 is 17.7 Å². The predicted molar refractivity (Wildman–Crippen MR) is 85.2 cm³/mol. The summed E-state index contributed by atoms with van der Waals surface area (Å²) >= 11 is 1.83. The van der Waals surface area contributed by atoms with Crippen LogP contribution in [0.25, 0.3) is 0 Å². The first-order valence-corrected chi connectivity index (χ1v) is 8.06. The summed E-state index contributed by atoms with van der Waals surface area (Å²) in [7, 11) is 1.81. The molecular weight excluding hydrogens is 270 g/mol. The predicted octanol–water partition coefficient (Wildman–Crippen LogP) is 3.41. The number of carbonyl (C=O) groups is 1. The number of carbonyl (C=O) groups excluding carboxylic acids is 1. The first kappa shape index (κ1) is 17.1. The van der Waals surface area contributed by atoms with Crippen LogP contribution in [0.1, 0.15) is 32.3 Å². The third-order valence-electron chi connectivity index (χ3n) is 3.36. The lowest BCUT2D eigenvalue weighted by atomic mass is 9.97. The lowest BCUT2D eigenvalue weighted by Gasteiger charge is -2.26. The van der Waals surface area contributed by atoms with E-state index in [-0.39, 0.29) is 5.97 Å². The van der Waals surface area contributed by atoms with Crippen molar-refractivity contribution in [3.63, 3.8) is 0 Å². The minimum atomic E-state index is -0.580. The molecule has 0 heterocycles. The molecule has 1 atom stereocenters. The molecule has 3 nitrogen and oxygen atoms in total. The van der Waals surface area contributed by atoms with E-state index in [9.17, 15) is 4.79 Å². The summed E-state index contributed by atoms with van der Waals surface area (Å²) in [5, 5.41) is 3.09. The number of hydrogen-bond donors (Lipinski definition) is 1. The van der Waals surface area contributed by atoms with Crippen LogP contribution in [0.4, 0.5) is 0 Å². The Morgan fingerprint density at radius 3 is 2.80 bits per heavy atom. The Hall–Kier alpha value is -1.00. The summed E-state index contributed by atoms with van der Waals surface area (Å²) in [5.74, 6) is 0.836. The molecule has 0 saturated heterocycles. The normalized spacial score (nSPS) is 13.8. The van der Waals surface area contributed by atoms with Crippen molar-refractivity contribution in [3.8, 4) is 0 Å². The number of thioether (sulfide) groups is 1. The fourth-order valence-electron chi connectivity index (χ4n) is 1.94. The molecule has 1 aromatic rings. The minimum Gasteiger partial charge on any atom is -0.465 e. The highest BCUT2D eigenvalue weighted by Crippen LogP contribution is 2.22. The van der Waals surface area contributed by atoms with E-state index in [1.807, 2.05) is 32.7 Å². The van der Waals surface area contributed by atoms with Crippen LogP contribution in [0.15, 0.2) is 29.2 Å². The van der Waals surface area contributed by atoms with Crippen molar-refractivity contribution < 1.29 is 9.53 Å². The van der Waals surface area contributed by atoms with E-state index in [4.69, 9.17) is 4.74 Å². The van der Waals surface area contributed by atoms with Gasteiger partial charge in [-0.25, -0.2) is 0 Å². The molecule has 4 heteroatoms. The molecule has 1 aromatic carbocycles. The lowest BCUT2D eigenvalue weighted by Crippen LogP contribution is -2.48. The highest BCUT2D eigenvalue weighted by atomic mass is 32.2. The molecule has 20 heavy (non-hydrogen) atoms. The van der Waals surface area contributed by atoms with Gasteiger partial charge in [0.25, 0.3) is 0 Å². The van der Waals surface area contributed by atoms with Crippen LogP contribution in [-0.4, -0.2) is 30.9 Å². The van der Waals surface area contributed by atoms with E-state index >= 15 is 0 Å². The summed E-state index contributed by atoms with van der Waals surface area (Å²) in [6.07, 6.45) is 1.75. The Labute approximate surface area is 126 Å². The van der Waals surface area contributed by atoms with Gasteiger partial charge in [0.2, 0.25) is 0 Å². The number of esters is 1. The van der Waals surface area contributed by atoms with Crippen LogP contribution < -0.4 is 5.32 Å². The summed E-state index contributed by atoms with van der Waals surface area (Å²) in [4.78, 5) is 13.2. The fourth-order valence-corrected chi connectivity index (χ4v) is 2.91. The Bertz CT molecular complexity index is 436. The van der Waals surface area contributed by atoms with Crippen LogP contribution in [0.2, 0.25) is 0 Å². The molecule has 1 rings (SSSR count). The summed E-state index contributed by atoms with van der Waals surface area (Å²) in [6.45, 7) is 6.26. The van der Waals surface area contributed by atoms with E-state index in [1.54, 1.807) is 0 Å². The topological polar surface area (TPSA) is 38.3 Å². The zero-order chi connectivity index (χ0) is 15.0. The van der Waals surface area contributed by atoms with Crippen molar-refractivity contribution in [1.29, 1.82) is 0 Å². The minimum absolute atomic E-state index is 0.164. The van der Waals surface area contributed by atoms with Crippen LogP contribution in [0.3, 0.4) is 0 Å². The van der Waals surface area contributed by atoms with Crippen LogP contribution in [0.5, 0.6) is 0 Å². The zero-order valence-corrected chi connectivity index (χ0v) is 13.7. The van der Waals surface area contributed by atoms with Gasteiger partial charge in [0.15, 0.2) is 0 Å². The number of likely N-dealkylation sites (N-methyl/N-ethyl adjacent to an activating group) is 1. The second-order valence-electron chi connectivity index (χ2n) is 5.07. The number of benzene rings is 1. The van der Waals surface area contributed by atoms with Gasteiger partial charge in [-0.05, 0) is 58.5 Å². The van der Waals surface area contributed by atoms with Gasteiger partial charge in [-0.1, -0.05) is 17.7 Å². The number of rotatable bonds is 8. The number of aryl methyl sites for hydroxylation is 1. The maximum absolute atomic E-state index is 11.9. The van der Waals surface area contributed by atoms with E-state index in [0.29, 0.717) is 6.61 Å². The standard InChI is InChI=1S/C16H25NO2S/c1-5-19-15(18)16(3,17-4)10-7-11-20-14-9-6-8-13(2)12-14/h6,8-9,12,17H,5,7,10-11H2,1-4H3. The van der Waals surface area contributed by atoms with Crippen LogP contribution >= 0.6 is 11.8 Å². The third kappa shape index (κ3) is 5.17.